The van der Waals surface area contributed by atoms with Crippen molar-refractivity contribution in [1.29, 1.82) is 0 Å². The number of hydrogen-bond donors (Lipinski definition) is 4. The minimum absolute atomic E-state index is 0.0189. The number of anilines is 2. The zero-order chi connectivity index (χ0) is 21.1. The van der Waals surface area contributed by atoms with Gasteiger partial charge in [0.2, 0.25) is 5.91 Å². The van der Waals surface area contributed by atoms with Gasteiger partial charge in [0, 0.05) is 43.3 Å². The van der Waals surface area contributed by atoms with Crippen LogP contribution in [0, 0.1) is 0 Å². The summed E-state index contributed by atoms with van der Waals surface area (Å²) < 4.78 is 0. The fraction of sp³-hybridized carbons (Fsp3) is 0.238. The summed E-state index contributed by atoms with van der Waals surface area (Å²) in [5, 5.41) is 11.1. The first-order valence-electron chi connectivity index (χ1n) is 9.59. The number of nitrogens with zero attached hydrogens (tertiary/aromatic N) is 2. The van der Waals surface area contributed by atoms with Crippen molar-refractivity contribution < 1.29 is 9.59 Å². The zero-order valence-electron chi connectivity index (χ0n) is 16.1. The molecule has 1 saturated heterocycles. The summed E-state index contributed by atoms with van der Waals surface area (Å²) in [7, 11) is 0. The van der Waals surface area contributed by atoms with E-state index in [2.05, 4.69) is 25.9 Å². The summed E-state index contributed by atoms with van der Waals surface area (Å²) >= 11 is 6.06. The SMILES string of the molecule is Nc1nccc2cc(CNC(=O)c3cc(Cl)cnc3NC[C@H]3CCC(=O)N3)ccc12. The van der Waals surface area contributed by atoms with Crippen molar-refractivity contribution in [2.24, 2.45) is 0 Å². The molecular weight excluding hydrogens is 404 g/mol. The number of aromatic nitrogens is 2. The van der Waals surface area contributed by atoms with Gasteiger partial charge in [0.25, 0.3) is 5.91 Å². The maximum atomic E-state index is 12.8. The van der Waals surface area contributed by atoms with E-state index in [0.29, 0.717) is 41.7 Å². The molecule has 2 aromatic heterocycles. The number of carbonyl (C=O) groups is 2. The highest BCUT2D eigenvalue weighted by Gasteiger charge is 2.21. The van der Waals surface area contributed by atoms with Gasteiger partial charge in [0.15, 0.2) is 0 Å². The predicted molar refractivity (Wildman–Crippen MR) is 116 cm³/mol. The highest BCUT2D eigenvalue weighted by Crippen LogP contribution is 2.21. The smallest absolute Gasteiger partial charge is 0.255 e. The van der Waals surface area contributed by atoms with E-state index >= 15 is 0 Å². The molecule has 1 aliphatic rings. The van der Waals surface area contributed by atoms with Crippen LogP contribution in [0.15, 0.2) is 42.7 Å². The van der Waals surface area contributed by atoms with Crippen LogP contribution in [0.3, 0.4) is 0 Å². The average molecular weight is 425 g/mol. The fourth-order valence-electron chi connectivity index (χ4n) is 3.44. The molecule has 1 aromatic carbocycles. The van der Waals surface area contributed by atoms with E-state index in [4.69, 9.17) is 17.3 Å². The summed E-state index contributed by atoms with van der Waals surface area (Å²) in [6, 6.07) is 9.23. The molecule has 0 unspecified atom stereocenters. The molecule has 0 spiro atoms. The number of nitrogen functional groups attached to an aromatic ring is 1. The molecule has 1 aliphatic heterocycles. The van der Waals surface area contributed by atoms with E-state index < -0.39 is 0 Å². The first-order chi connectivity index (χ1) is 14.5. The number of carbonyl (C=O) groups excluding carboxylic acids is 2. The van der Waals surface area contributed by atoms with Gasteiger partial charge in [-0.25, -0.2) is 9.97 Å². The molecule has 4 rings (SSSR count). The van der Waals surface area contributed by atoms with Crippen LogP contribution in [0.4, 0.5) is 11.6 Å². The average Bonchev–Trinajstić information content (AvgIpc) is 3.16. The highest BCUT2D eigenvalue weighted by molar-refractivity contribution is 6.31. The number of amides is 2. The molecule has 1 fully saturated rings. The number of nitrogens with two attached hydrogens (primary N) is 1. The lowest BCUT2D eigenvalue weighted by Crippen LogP contribution is -2.32. The molecule has 2 amide bonds. The molecule has 8 nitrogen and oxygen atoms in total. The van der Waals surface area contributed by atoms with Crippen molar-refractivity contribution in [3.8, 4) is 0 Å². The Morgan fingerprint density at radius 2 is 2.13 bits per heavy atom. The minimum Gasteiger partial charge on any atom is -0.383 e. The second-order valence-corrected chi connectivity index (χ2v) is 7.60. The lowest BCUT2D eigenvalue weighted by molar-refractivity contribution is -0.119. The van der Waals surface area contributed by atoms with Gasteiger partial charge in [0.05, 0.1) is 10.6 Å². The molecule has 3 aromatic rings. The third-order valence-electron chi connectivity index (χ3n) is 5.01. The van der Waals surface area contributed by atoms with Crippen LogP contribution in [-0.4, -0.2) is 34.4 Å². The Balaban J connectivity index is 1.45. The maximum absolute atomic E-state index is 12.8. The van der Waals surface area contributed by atoms with Crippen LogP contribution in [0.2, 0.25) is 5.02 Å². The van der Waals surface area contributed by atoms with Crippen molar-refractivity contribution >= 4 is 45.8 Å². The molecule has 0 radical (unpaired) electrons. The standard InChI is InChI=1S/C21H21ClN6O2/c22-14-8-17(20(25-10-14)26-11-15-2-4-18(29)28-15)21(30)27-9-12-1-3-16-13(7-12)5-6-24-19(16)23/h1,3,5-8,10,15H,2,4,9,11H2,(H2,23,24)(H,25,26)(H,27,30)(H,28,29)/t15-/m1/s1. The van der Waals surface area contributed by atoms with E-state index in [1.165, 1.54) is 6.20 Å². The molecule has 1 atom stereocenters. The van der Waals surface area contributed by atoms with Crippen LogP contribution < -0.4 is 21.7 Å². The van der Waals surface area contributed by atoms with Crippen LogP contribution in [0.1, 0.15) is 28.8 Å². The fourth-order valence-corrected chi connectivity index (χ4v) is 3.60. The van der Waals surface area contributed by atoms with Gasteiger partial charge in [-0.3, -0.25) is 9.59 Å². The Morgan fingerprint density at radius 3 is 2.93 bits per heavy atom. The van der Waals surface area contributed by atoms with Crippen molar-refractivity contribution in [2.45, 2.75) is 25.4 Å². The number of fused-ring (bicyclic) bond motifs is 1. The maximum Gasteiger partial charge on any atom is 0.255 e. The third kappa shape index (κ3) is 4.44. The van der Waals surface area contributed by atoms with Gasteiger partial charge in [0.1, 0.15) is 11.6 Å². The van der Waals surface area contributed by atoms with Gasteiger partial charge < -0.3 is 21.7 Å². The molecule has 30 heavy (non-hydrogen) atoms. The summed E-state index contributed by atoms with van der Waals surface area (Å²) in [5.41, 5.74) is 7.16. The number of nitrogens with one attached hydrogen (secondary N) is 3. The highest BCUT2D eigenvalue weighted by atomic mass is 35.5. The van der Waals surface area contributed by atoms with Crippen LogP contribution in [0.25, 0.3) is 10.8 Å². The normalized spacial score (nSPS) is 15.8. The molecule has 0 bridgehead atoms. The van der Waals surface area contributed by atoms with Crippen molar-refractivity contribution in [2.75, 3.05) is 17.6 Å². The predicted octanol–water partition coefficient (Wildman–Crippen LogP) is 2.49. The lowest BCUT2D eigenvalue weighted by atomic mass is 10.1. The number of benzene rings is 1. The molecular formula is C21H21ClN6O2. The van der Waals surface area contributed by atoms with E-state index in [1.54, 1.807) is 12.3 Å². The molecule has 0 aliphatic carbocycles. The Morgan fingerprint density at radius 1 is 1.27 bits per heavy atom. The molecule has 154 valence electrons. The minimum atomic E-state index is -0.294. The first kappa shape index (κ1) is 19.9. The largest absolute Gasteiger partial charge is 0.383 e. The number of rotatable bonds is 6. The lowest BCUT2D eigenvalue weighted by Gasteiger charge is -2.15. The Bertz CT molecular complexity index is 1120. The van der Waals surface area contributed by atoms with E-state index in [1.807, 2.05) is 24.3 Å². The molecule has 5 N–H and O–H groups in total. The summed E-state index contributed by atoms with van der Waals surface area (Å²) in [6.45, 7) is 0.822. The quantitative estimate of drug-likeness (QED) is 0.482. The van der Waals surface area contributed by atoms with E-state index in [9.17, 15) is 9.59 Å². The molecule has 9 heteroatoms. The second-order valence-electron chi connectivity index (χ2n) is 7.17. The number of hydrogen-bond acceptors (Lipinski definition) is 6. The Labute approximate surface area is 178 Å². The summed E-state index contributed by atoms with van der Waals surface area (Å²) in [6.07, 6.45) is 4.40. The summed E-state index contributed by atoms with van der Waals surface area (Å²) in [5.74, 6) is 0.645. The number of halogens is 1. The third-order valence-corrected chi connectivity index (χ3v) is 5.22. The summed E-state index contributed by atoms with van der Waals surface area (Å²) in [4.78, 5) is 32.5. The van der Waals surface area contributed by atoms with Gasteiger partial charge in [-0.2, -0.15) is 0 Å². The topological polar surface area (TPSA) is 122 Å². The molecule has 3 heterocycles. The van der Waals surface area contributed by atoms with Crippen LogP contribution >= 0.6 is 11.6 Å². The van der Waals surface area contributed by atoms with Crippen LogP contribution in [0.5, 0.6) is 0 Å². The first-order valence-corrected chi connectivity index (χ1v) is 9.97. The second kappa shape index (κ2) is 8.54. The molecule has 0 saturated carbocycles. The van der Waals surface area contributed by atoms with E-state index in [0.717, 1.165) is 22.8 Å². The van der Waals surface area contributed by atoms with Gasteiger partial charge in [-0.15, -0.1) is 0 Å². The van der Waals surface area contributed by atoms with Crippen molar-refractivity contribution in [1.82, 2.24) is 20.6 Å². The van der Waals surface area contributed by atoms with Crippen molar-refractivity contribution in [3.05, 3.63) is 58.9 Å². The Hall–Kier alpha value is -3.39. The monoisotopic (exact) mass is 424 g/mol. The van der Waals surface area contributed by atoms with Gasteiger partial charge in [-0.05, 0) is 35.6 Å². The van der Waals surface area contributed by atoms with Gasteiger partial charge in [-0.1, -0.05) is 23.7 Å². The number of pyridine rings is 2. The van der Waals surface area contributed by atoms with Crippen LogP contribution in [-0.2, 0) is 11.3 Å². The zero-order valence-corrected chi connectivity index (χ0v) is 16.9. The van der Waals surface area contributed by atoms with E-state index in [-0.39, 0.29) is 17.9 Å². The van der Waals surface area contributed by atoms with Gasteiger partial charge >= 0.3 is 0 Å². The Kier molecular flexibility index (Phi) is 5.67. The van der Waals surface area contributed by atoms with Crippen molar-refractivity contribution in [3.63, 3.8) is 0 Å².